The Bertz CT molecular complexity index is 1880. The van der Waals surface area contributed by atoms with Gasteiger partial charge in [0, 0.05) is 0 Å². The molecule has 1 unspecified atom stereocenters. The molecule has 0 fully saturated rings. The summed E-state index contributed by atoms with van der Waals surface area (Å²) in [7, 11) is 0. The number of ether oxygens (including phenoxy) is 2. The average Bonchev–Trinajstić information content (AvgIpc) is 3.56. The van der Waals surface area contributed by atoms with Gasteiger partial charge in [-0.05, 0) is 54.7 Å². The van der Waals surface area contributed by atoms with E-state index in [1.807, 2.05) is 60.1 Å². The Morgan fingerprint density at radius 2 is 1.66 bits per heavy atom. The monoisotopic (exact) mass is 542 g/mol. The van der Waals surface area contributed by atoms with E-state index in [1.54, 1.807) is 10.8 Å². The van der Waals surface area contributed by atoms with Gasteiger partial charge in [-0.3, -0.25) is 0 Å². The quantitative estimate of drug-likeness (QED) is 0.227. The molecule has 0 saturated carbocycles. The number of nitrogens with zero attached hydrogens (tertiary/aromatic N) is 6. The third-order valence-electron chi connectivity index (χ3n) is 7.55. The number of para-hydroxylation sites is 1. The van der Waals surface area contributed by atoms with E-state index < -0.39 is 0 Å². The van der Waals surface area contributed by atoms with Crippen LogP contribution in [-0.4, -0.2) is 29.4 Å². The highest BCUT2D eigenvalue weighted by Crippen LogP contribution is 2.49. The molecule has 204 valence electrons. The summed E-state index contributed by atoms with van der Waals surface area (Å²) < 4.78 is 16.4. The van der Waals surface area contributed by atoms with Crippen LogP contribution >= 0.6 is 0 Å². The fourth-order valence-electron chi connectivity index (χ4n) is 5.59. The smallest absolute Gasteiger partial charge is 0.230 e. The molecule has 8 nitrogen and oxygen atoms in total. The van der Waals surface area contributed by atoms with Gasteiger partial charge in [0.25, 0.3) is 0 Å². The summed E-state index contributed by atoms with van der Waals surface area (Å²) in [5.74, 6) is 2.75. The van der Waals surface area contributed by atoms with E-state index in [4.69, 9.17) is 29.6 Å². The van der Waals surface area contributed by atoms with Crippen LogP contribution in [0.15, 0.2) is 85.2 Å². The van der Waals surface area contributed by atoms with Gasteiger partial charge in [0.15, 0.2) is 11.5 Å². The lowest BCUT2D eigenvalue weighted by Gasteiger charge is -2.26. The van der Waals surface area contributed by atoms with Crippen LogP contribution in [0.5, 0.6) is 17.5 Å². The Balaban J connectivity index is 1.34. The Hall–Kier alpha value is -4.98. The van der Waals surface area contributed by atoms with E-state index in [2.05, 4.69) is 51.1 Å². The van der Waals surface area contributed by atoms with Gasteiger partial charge in [0.1, 0.15) is 18.7 Å². The normalized spacial score (nSPS) is 14.1. The third-order valence-corrected chi connectivity index (χ3v) is 7.55. The molecule has 0 spiro atoms. The van der Waals surface area contributed by atoms with E-state index in [0.717, 1.165) is 44.9 Å². The van der Waals surface area contributed by atoms with Crippen molar-refractivity contribution in [3.05, 3.63) is 125 Å². The third kappa shape index (κ3) is 4.32. The van der Waals surface area contributed by atoms with Crippen molar-refractivity contribution in [2.24, 2.45) is 0 Å². The molecule has 0 saturated heterocycles. The Kier molecular flexibility index (Phi) is 6.03. The van der Waals surface area contributed by atoms with Crippen molar-refractivity contribution < 1.29 is 9.47 Å². The van der Waals surface area contributed by atoms with Crippen molar-refractivity contribution in [1.29, 1.82) is 0 Å². The topological polar surface area (TPSA) is 79.4 Å². The van der Waals surface area contributed by atoms with Gasteiger partial charge in [0.2, 0.25) is 11.8 Å². The van der Waals surface area contributed by atoms with Crippen LogP contribution in [0.1, 0.15) is 65.0 Å². The number of hydrogen-bond acceptors (Lipinski definition) is 6. The van der Waals surface area contributed by atoms with Gasteiger partial charge < -0.3 is 9.47 Å². The van der Waals surface area contributed by atoms with Crippen molar-refractivity contribution >= 4 is 5.65 Å². The van der Waals surface area contributed by atoms with Gasteiger partial charge in [0.05, 0.1) is 28.4 Å². The minimum Gasteiger partial charge on any atom is -0.485 e. The number of aromatic nitrogens is 6. The minimum atomic E-state index is -0.189. The van der Waals surface area contributed by atoms with Crippen molar-refractivity contribution in [1.82, 2.24) is 29.4 Å². The van der Waals surface area contributed by atoms with E-state index in [1.165, 1.54) is 0 Å². The molecule has 41 heavy (non-hydrogen) atoms. The highest BCUT2D eigenvalue weighted by atomic mass is 16.5. The van der Waals surface area contributed by atoms with Crippen molar-refractivity contribution in [2.75, 3.05) is 0 Å². The maximum Gasteiger partial charge on any atom is 0.230 e. The van der Waals surface area contributed by atoms with Crippen LogP contribution in [0.25, 0.3) is 11.3 Å². The number of hydrogen-bond donors (Lipinski definition) is 0. The van der Waals surface area contributed by atoms with Crippen LogP contribution in [-0.2, 0) is 6.61 Å². The zero-order valence-corrected chi connectivity index (χ0v) is 23.4. The fourth-order valence-corrected chi connectivity index (χ4v) is 5.59. The van der Waals surface area contributed by atoms with Gasteiger partial charge >= 0.3 is 0 Å². The molecule has 0 bridgehead atoms. The first-order valence-corrected chi connectivity index (χ1v) is 13.8. The maximum atomic E-state index is 6.51. The predicted molar refractivity (Wildman–Crippen MR) is 156 cm³/mol. The molecule has 3 aromatic carbocycles. The Morgan fingerprint density at radius 1 is 0.902 bits per heavy atom. The molecule has 0 N–H and O–H groups in total. The molecule has 1 aliphatic rings. The summed E-state index contributed by atoms with van der Waals surface area (Å²) in [6, 6.07) is 26.7. The first kappa shape index (κ1) is 25.0. The second kappa shape index (κ2) is 9.89. The summed E-state index contributed by atoms with van der Waals surface area (Å²) in [6.07, 6.45) is 1.65. The molecular formula is C33H30N6O2. The van der Waals surface area contributed by atoms with Crippen LogP contribution in [0.4, 0.5) is 0 Å². The molecule has 0 amide bonds. The first-order chi connectivity index (χ1) is 20.0. The molecule has 0 radical (unpaired) electrons. The fraction of sp³-hybridized carbons (Fsp3) is 0.212. The number of benzene rings is 3. The highest BCUT2D eigenvalue weighted by molar-refractivity contribution is 5.66. The first-order valence-electron chi connectivity index (χ1n) is 13.8. The van der Waals surface area contributed by atoms with Crippen molar-refractivity contribution in [2.45, 2.75) is 46.1 Å². The van der Waals surface area contributed by atoms with E-state index in [9.17, 15) is 0 Å². The van der Waals surface area contributed by atoms with E-state index >= 15 is 0 Å². The molecule has 6 aromatic rings. The van der Waals surface area contributed by atoms with Crippen LogP contribution in [0, 0.1) is 13.8 Å². The van der Waals surface area contributed by atoms with Gasteiger partial charge in [-0.2, -0.15) is 5.10 Å². The average molecular weight is 543 g/mol. The molecule has 4 heterocycles. The summed E-state index contributed by atoms with van der Waals surface area (Å²) in [5, 5.41) is 9.63. The molecule has 1 atom stereocenters. The SMILES string of the molecule is Cc1ccc(C(C)C)c(OCc2nc3c4c(ncn3n2)Oc2c(c(C)nn2-c2ccccc2)C4c2ccccc2)c1. The number of rotatable bonds is 6. The van der Waals surface area contributed by atoms with Crippen molar-refractivity contribution in [3.8, 4) is 23.2 Å². The summed E-state index contributed by atoms with van der Waals surface area (Å²) >= 11 is 0. The summed E-state index contributed by atoms with van der Waals surface area (Å²) in [5.41, 5.74) is 7.76. The zero-order chi connectivity index (χ0) is 28.1. The second-order valence-corrected chi connectivity index (χ2v) is 10.7. The molecule has 0 aliphatic carbocycles. The standard InChI is InChI=1S/C33H30N6O2/c1-20(2)25-16-15-21(3)17-26(25)40-18-27-35-31-30-29(23-11-7-5-8-12-23)28-22(4)36-39(24-13-9-6-10-14-24)33(28)41-32(30)34-19-38(31)37-27/h5-17,19-20,29H,18H2,1-4H3. The molecular weight excluding hydrogens is 512 g/mol. The zero-order valence-electron chi connectivity index (χ0n) is 23.4. The lowest BCUT2D eigenvalue weighted by molar-refractivity contribution is 0.291. The molecule has 1 aliphatic heterocycles. The van der Waals surface area contributed by atoms with Crippen molar-refractivity contribution in [3.63, 3.8) is 0 Å². The van der Waals surface area contributed by atoms with Gasteiger partial charge in [-0.25, -0.2) is 19.2 Å². The van der Waals surface area contributed by atoms with Gasteiger partial charge in [-0.1, -0.05) is 74.5 Å². The minimum absolute atomic E-state index is 0.189. The van der Waals surface area contributed by atoms with E-state index in [0.29, 0.717) is 29.1 Å². The van der Waals surface area contributed by atoms with Crippen LogP contribution in [0.2, 0.25) is 0 Å². The summed E-state index contributed by atoms with van der Waals surface area (Å²) in [4.78, 5) is 9.66. The highest BCUT2D eigenvalue weighted by Gasteiger charge is 2.38. The molecule has 8 heteroatoms. The predicted octanol–water partition coefficient (Wildman–Crippen LogP) is 6.92. The Labute approximate surface area is 238 Å². The second-order valence-electron chi connectivity index (χ2n) is 10.7. The van der Waals surface area contributed by atoms with Crippen LogP contribution in [0.3, 0.4) is 0 Å². The lowest BCUT2D eigenvalue weighted by atomic mass is 9.84. The summed E-state index contributed by atoms with van der Waals surface area (Å²) in [6.45, 7) is 8.66. The number of aryl methyl sites for hydroxylation is 2. The largest absolute Gasteiger partial charge is 0.485 e. The molecule has 7 rings (SSSR count). The maximum absolute atomic E-state index is 6.51. The van der Waals surface area contributed by atoms with E-state index in [-0.39, 0.29) is 12.5 Å². The van der Waals surface area contributed by atoms with Gasteiger partial charge in [-0.15, -0.1) is 5.10 Å². The van der Waals surface area contributed by atoms with Crippen LogP contribution < -0.4 is 9.47 Å². The molecule has 3 aromatic heterocycles. The Morgan fingerprint density at radius 3 is 2.41 bits per heavy atom. The lowest BCUT2D eigenvalue weighted by Crippen LogP contribution is -2.16. The number of fused-ring (bicyclic) bond motifs is 4.